The normalized spacial score (nSPS) is 19.9. The number of rotatable bonds is 5. The number of nitrogens with one attached hydrogen (secondary N) is 1. The number of amides is 1. The van der Waals surface area contributed by atoms with E-state index >= 15 is 0 Å². The van der Waals surface area contributed by atoms with Crippen LogP contribution in [0.5, 0.6) is 0 Å². The molecule has 1 amide bonds. The Hall–Kier alpha value is -3.06. The lowest BCUT2D eigenvalue weighted by molar-refractivity contribution is -0.127. The number of nitrogens with zero attached hydrogens (tertiary/aromatic N) is 5. The molecule has 2 aromatic heterocycles. The summed E-state index contributed by atoms with van der Waals surface area (Å²) in [5.41, 5.74) is 1.99. The Morgan fingerprint density at radius 3 is 2.81 bits per heavy atom. The second-order valence-electron chi connectivity index (χ2n) is 6.35. The van der Waals surface area contributed by atoms with Crippen LogP contribution in [0.2, 0.25) is 0 Å². The Morgan fingerprint density at radius 2 is 2.04 bits per heavy atom. The number of pyridine rings is 1. The Labute approximate surface area is 151 Å². The van der Waals surface area contributed by atoms with Gasteiger partial charge in [-0.2, -0.15) is 5.10 Å². The first-order valence-corrected chi connectivity index (χ1v) is 8.57. The van der Waals surface area contributed by atoms with Crippen molar-refractivity contribution in [3.63, 3.8) is 0 Å². The molecule has 2 atom stereocenters. The largest absolute Gasteiger partial charge is 0.337 e. The number of hydrogen-bond donors (Lipinski definition) is 1. The lowest BCUT2D eigenvalue weighted by Gasteiger charge is -2.25. The van der Waals surface area contributed by atoms with Gasteiger partial charge in [-0.25, -0.2) is 9.67 Å². The van der Waals surface area contributed by atoms with Crippen LogP contribution < -0.4 is 5.32 Å². The van der Waals surface area contributed by atoms with Crippen molar-refractivity contribution in [3.8, 4) is 5.69 Å². The van der Waals surface area contributed by atoms with Gasteiger partial charge in [-0.3, -0.25) is 9.78 Å². The van der Waals surface area contributed by atoms with Gasteiger partial charge >= 0.3 is 0 Å². The first kappa shape index (κ1) is 16.4. The molecule has 0 spiro atoms. The summed E-state index contributed by atoms with van der Waals surface area (Å²) in [5, 5.41) is 7.81. The molecule has 7 heteroatoms. The molecule has 0 radical (unpaired) electrons. The molecule has 1 N–H and O–H groups in total. The Bertz CT molecular complexity index is 879. The smallest absolute Gasteiger partial charge is 0.224 e. The molecule has 3 aromatic rings. The van der Waals surface area contributed by atoms with Crippen LogP contribution in [0, 0.1) is 0 Å². The highest BCUT2D eigenvalue weighted by atomic mass is 16.2. The molecular formula is C19H20N6O. The number of benzene rings is 1. The van der Waals surface area contributed by atoms with E-state index in [9.17, 15) is 4.79 Å². The highest BCUT2D eigenvalue weighted by Gasteiger charge is 2.38. The average molecular weight is 348 g/mol. The minimum atomic E-state index is -0.0377. The molecule has 0 unspecified atom stereocenters. The molecule has 0 saturated carbocycles. The fourth-order valence-electron chi connectivity index (χ4n) is 3.45. The molecule has 1 aromatic carbocycles. The number of para-hydroxylation sites is 1. The Morgan fingerprint density at radius 1 is 1.19 bits per heavy atom. The van der Waals surface area contributed by atoms with Gasteiger partial charge in [-0.05, 0) is 23.8 Å². The monoisotopic (exact) mass is 348 g/mol. The van der Waals surface area contributed by atoms with E-state index in [-0.39, 0.29) is 18.0 Å². The zero-order valence-corrected chi connectivity index (χ0v) is 14.5. The number of aromatic nitrogens is 4. The van der Waals surface area contributed by atoms with E-state index < -0.39 is 0 Å². The predicted molar refractivity (Wildman–Crippen MR) is 96.4 cm³/mol. The standard InChI is InChI=1S/C19H20N6O/c1-24-18(26)10-16(19(24)14-6-5-9-20-11-14)21-12-17-22-13-23-25(17)15-7-3-2-4-8-15/h2-9,11,13,16,19,21H,10,12H2,1H3/t16-,19+/m1/s1. The van der Waals surface area contributed by atoms with Gasteiger partial charge in [0.25, 0.3) is 0 Å². The Balaban J connectivity index is 1.53. The van der Waals surface area contributed by atoms with Crippen molar-refractivity contribution in [2.75, 3.05) is 7.05 Å². The molecule has 1 aliphatic rings. The summed E-state index contributed by atoms with van der Waals surface area (Å²) in [4.78, 5) is 22.6. The van der Waals surface area contributed by atoms with Crippen molar-refractivity contribution in [2.45, 2.75) is 25.0 Å². The van der Waals surface area contributed by atoms with Crippen molar-refractivity contribution < 1.29 is 4.79 Å². The lowest BCUT2D eigenvalue weighted by atomic mass is 10.0. The van der Waals surface area contributed by atoms with E-state index in [1.54, 1.807) is 17.4 Å². The van der Waals surface area contributed by atoms with E-state index in [1.165, 1.54) is 0 Å². The van der Waals surface area contributed by atoms with E-state index in [0.717, 1.165) is 17.1 Å². The molecular weight excluding hydrogens is 328 g/mol. The molecule has 7 nitrogen and oxygen atoms in total. The molecule has 1 fully saturated rings. The van der Waals surface area contributed by atoms with Crippen LogP contribution in [0.15, 0.2) is 61.2 Å². The summed E-state index contributed by atoms with van der Waals surface area (Å²) in [6.07, 6.45) is 5.57. The fourth-order valence-corrected chi connectivity index (χ4v) is 3.45. The van der Waals surface area contributed by atoms with E-state index in [1.807, 2.05) is 60.4 Å². The zero-order chi connectivity index (χ0) is 17.9. The fraction of sp³-hybridized carbons (Fsp3) is 0.263. The quantitative estimate of drug-likeness (QED) is 0.760. The first-order valence-electron chi connectivity index (χ1n) is 8.57. The number of likely N-dealkylation sites (N-methyl/N-ethyl adjacent to an activating group) is 1. The summed E-state index contributed by atoms with van der Waals surface area (Å²) >= 11 is 0. The van der Waals surface area contributed by atoms with Gasteiger partial charge in [-0.15, -0.1) is 0 Å². The maximum Gasteiger partial charge on any atom is 0.224 e. The highest BCUT2D eigenvalue weighted by molar-refractivity contribution is 5.80. The molecule has 1 saturated heterocycles. The van der Waals surface area contributed by atoms with E-state index in [0.29, 0.717) is 13.0 Å². The highest BCUT2D eigenvalue weighted by Crippen LogP contribution is 2.31. The van der Waals surface area contributed by atoms with Crippen molar-refractivity contribution in [3.05, 3.63) is 72.6 Å². The van der Waals surface area contributed by atoms with Crippen LogP contribution in [0.3, 0.4) is 0 Å². The second-order valence-corrected chi connectivity index (χ2v) is 6.35. The molecule has 3 heterocycles. The van der Waals surface area contributed by atoms with Crippen LogP contribution >= 0.6 is 0 Å². The average Bonchev–Trinajstić information content (AvgIpc) is 3.26. The van der Waals surface area contributed by atoms with Crippen molar-refractivity contribution in [1.29, 1.82) is 0 Å². The van der Waals surface area contributed by atoms with Crippen LogP contribution in [-0.4, -0.2) is 43.6 Å². The minimum absolute atomic E-state index is 0.00220. The summed E-state index contributed by atoms with van der Waals surface area (Å²) < 4.78 is 1.81. The van der Waals surface area contributed by atoms with Gasteiger partial charge in [0.15, 0.2) is 0 Å². The minimum Gasteiger partial charge on any atom is -0.337 e. The van der Waals surface area contributed by atoms with Crippen molar-refractivity contribution >= 4 is 5.91 Å². The zero-order valence-electron chi connectivity index (χ0n) is 14.5. The molecule has 4 rings (SSSR count). The van der Waals surface area contributed by atoms with Gasteiger partial charge in [0.1, 0.15) is 12.2 Å². The number of hydrogen-bond acceptors (Lipinski definition) is 5. The van der Waals surface area contributed by atoms with E-state index in [4.69, 9.17) is 0 Å². The van der Waals surface area contributed by atoms with Crippen LogP contribution in [-0.2, 0) is 11.3 Å². The van der Waals surface area contributed by atoms with Crippen LogP contribution in [0.4, 0.5) is 0 Å². The molecule has 0 bridgehead atoms. The third kappa shape index (κ3) is 3.09. The summed E-state index contributed by atoms with van der Waals surface area (Å²) in [7, 11) is 1.84. The Kier molecular flexibility index (Phi) is 4.45. The summed E-state index contributed by atoms with van der Waals surface area (Å²) in [6, 6.07) is 13.8. The van der Waals surface area contributed by atoms with Gasteiger partial charge in [0, 0.05) is 31.9 Å². The first-order chi connectivity index (χ1) is 12.7. The molecule has 0 aliphatic carbocycles. The van der Waals surface area contributed by atoms with Crippen LogP contribution in [0.1, 0.15) is 23.9 Å². The SMILES string of the molecule is CN1C(=O)C[C@@H](NCc2ncnn2-c2ccccc2)[C@@H]1c1cccnc1. The number of carbonyl (C=O) groups is 1. The maximum atomic E-state index is 12.3. The lowest BCUT2D eigenvalue weighted by Crippen LogP contribution is -2.35. The van der Waals surface area contributed by atoms with Crippen LogP contribution in [0.25, 0.3) is 5.69 Å². The number of carbonyl (C=O) groups excluding carboxylic acids is 1. The van der Waals surface area contributed by atoms with E-state index in [2.05, 4.69) is 20.4 Å². The van der Waals surface area contributed by atoms with Gasteiger partial charge in [0.05, 0.1) is 18.3 Å². The third-order valence-electron chi connectivity index (χ3n) is 4.75. The topological polar surface area (TPSA) is 75.9 Å². The summed E-state index contributed by atoms with van der Waals surface area (Å²) in [6.45, 7) is 0.525. The van der Waals surface area contributed by atoms with Crippen molar-refractivity contribution in [2.24, 2.45) is 0 Å². The maximum absolute atomic E-state index is 12.3. The van der Waals surface area contributed by atoms with Crippen molar-refractivity contribution in [1.82, 2.24) is 30.0 Å². The van der Waals surface area contributed by atoms with Gasteiger partial charge in [-0.1, -0.05) is 24.3 Å². The molecule has 1 aliphatic heterocycles. The van der Waals surface area contributed by atoms with Gasteiger partial charge in [0.2, 0.25) is 5.91 Å². The molecule has 26 heavy (non-hydrogen) atoms. The third-order valence-corrected chi connectivity index (χ3v) is 4.75. The summed E-state index contributed by atoms with van der Waals surface area (Å²) in [5.74, 6) is 0.934. The predicted octanol–water partition coefficient (Wildman–Crippen LogP) is 1.72. The van der Waals surface area contributed by atoms with Gasteiger partial charge < -0.3 is 10.2 Å². The second kappa shape index (κ2) is 7.05. The molecule has 132 valence electrons. The number of likely N-dealkylation sites (tertiary alicyclic amines) is 1.